The van der Waals surface area contributed by atoms with Crippen molar-refractivity contribution in [2.75, 3.05) is 18.4 Å². The summed E-state index contributed by atoms with van der Waals surface area (Å²) in [6, 6.07) is 5.67. The molecule has 5 N–H and O–H groups in total. The minimum absolute atomic E-state index is 0.129. The Morgan fingerprint density at radius 2 is 1.72 bits per heavy atom. The predicted molar refractivity (Wildman–Crippen MR) is 64.1 cm³/mol. The average molecular weight is 251 g/mol. The maximum absolute atomic E-state index is 11.4. The maximum Gasteiger partial charge on any atom is 0.335 e. The molecule has 0 atom stereocenters. The third-order valence-electron chi connectivity index (χ3n) is 2.05. The standard InChI is InChI=1S/C11H13N3O4/c12-5-9(15)13-6-10(16)14-8-3-1-7(2-4-8)11(17)18/h1-4H,5-6,12H2,(H,13,15)(H,14,16)(H,17,18). The van der Waals surface area contributed by atoms with E-state index in [9.17, 15) is 14.4 Å². The third-order valence-corrected chi connectivity index (χ3v) is 2.05. The van der Waals surface area contributed by atoms with Gasteiger partial charge >= 0.3 is 5.97 Å². The monoisotopic (exact) mass is 251 g/mol. The fourth-order valence-electron chi connectivity index (χ4n) is 1.15. The topological polar surface area (TPSA) is 122 Å². The van der Waals surface area contributed by atoms with Crippen LogP contribution in [0.15, 0.2) is 24.3 Å². The van der Waals surface area contributed by atoms with Gasteiger partial charge in [0, 0.05) is 5.69 Å². The number of nitrogens with one attached hydrogen (secondary N) is 2. The summed E-state index contributed by atoms with van der Waals surface area (Å²) in [6.07, 6.45) is 0. The molecule has 0 aliphatic rings. The maximum atomic E-state index is 11.4. The number of hydrogen-bond acceptors (Lipinski definition) is 4. The number of aromatic carboxylic acids is 1. The number of benzene rings is 1. The summed E-state index contributed by atoms with van der Waals surface area (Å²) in [6.45, 7) is -0.364. The van der Waals surface area contributed by atoms with Gasteiger partial charge in [0.1, 0.15) is 0 Å². The second-order valence-electron chi connectivity index (χ2n) is 3.41. The molecular weight excluding hydrogens is 238 g/mol. The number of carboxylic acids is 1. The summed E-state index contributed by atoms with van der Waals surface area (Å²) >= 11 is 0. The van der Waals surface area contributed by atoms with Crippen LogP contribution in [0.3, 0.4) is 0 Å². The Morgan fingerprint density at radius 3 is 2.22 bits per heavy atom. The molecule has 0 saturated heterocycles. The molecule has 0 radical (unpaired) electrons. The molecule has 96 valence electrons. The zero-order valence-corrected chi connectivity index (χ0v) is 9.47. The Hall–Kier alpha value is -2.41. The Morgan fingerprint density at radius 1 is 1.11 bits per heavy atom. The first-order valence-electron chi connectivity index (χ1n) is 5.13. The lowest BCUT2D eigenvalue weighted by Gasteiger charge is -2.06. The molecule has 18 heavy (non-hydrogen) atoms. The van der Waals surface area contributed by atoms with Crippen molar-refractivity contribution < 1.29 is 19.5 Å². The fourth-order valence-corrected chi connectivity index (χ4v) is 1.15. The quantitative estimate of drug-likeness (QED) is 0.556. The Bertz CT molecular complexity index is 456. The van der Waals surface area contributed by atoms with E-state index in [4.69, 9.17) is 10.8 Å². The molecule has 0 aliphatic carbocycles. The Kier molecular flexibility index (Phi) is 4.82. The van der Waals surface area contributed by atoms with E-state index in [1.165, 1.54) is 24.3 Å². The van der Waals surface area contributed by atoms with E-state index in [0.29, 0.717) is 5.69 Å². The number of carbonyl (C=O) groups excluding carboxylic acids is 2. The van der Waals surface area contributed by atoms with Crippen LogP contribution in [0.2, 0.25) is 0 Å². The predicted octanol–water partition coefficient (Wildman–Crippen LogP) is -0.602. The highest BCUT2D eigenvalue weighted by atomic mass is 16.4. The first-order valence-corrected chi connectivity index (χ1v) is 5.13. The summed E-state index contributed by atoms with van der Waals surface area (Å²) in [4.78, 5) is 32.8. The number of rotatable bonds is 5. The number of nitrogens with two attached hydrogens (primary N) is 1. The number of anilines is 1. The molecule has 0 saturated carbocycles. The Balaban J connectivity index is 2.49. The summed E-state index contributed by atoms with van der Waals surface area (Å²) in [7, 11) is 0. The number of carbonyl (C=O) groups is 3. The molecule has 0 heterocycles. The van der Waals surface area contributed by atoms with Gasteiger partial charge in [-0.25, -0.2) is 4.79 Å². The fraction of sp³-hybridized carbons (Fsp3) is 0.182. The number of carboxylic acid groups (broad SMARTS) is 1. The lowest BCUT2D eigenvalue weighted by Crippen LogP contribution is -2.36. The molecular formula is C11H13N3O4. The van der Waals surface area contributed by atoms with Crippen LogP contribution >= 0.6 is 0 Å². The van der Waals surface area contributed by atoms with Crippen LogP contribution < -0.4 is 16.4 Å². The van der Waals surface area contributed by atoms with Crippen LogP contribution in [0.5, 0.6) is 0 Å². The highest BCUT2D eigenvalue weighted by Crippen LogP contribution is 2.09. The largest absolute Gasteiger partial charge is 0.478 e. The van der Waals surface area contributed by atoms with Gasteiger partial charge in [0.25, 0.3) is 0 Å². The molecule has 1 aromatic rings. The van der Waals surface area contributed by atoms with Crippen molar-refractivity contribution in [1.82, 2.24) is 5.32 Å². The molecule has 1 aromatic carbocycles. The van der Waals surface area contributed by atoms with Gasteiger partial charge in [-0.05, 0) is 24.3 Å². The van der Waals surface area contributed by atoms with Crippen molar-refractivity contribution >= 4 is 23.5 Å². The van der Waals surface area contributed by atoms with E-state index in [2.05, 4.69) is 10.6 Å². The van der Waals surface area contributed by atoms with Gasteiger partial charge < -0.3 is 21.5 Å². The van der Waals surface area contributed by atoms with Gasteiger partial charge in [-0.15, -0.1) is 0 Å². The van der Waals surface area contributed by atoms with E-state index in [-0.39, 0.29) is 18.7 Å². The van der Waals surface area contributed by atoms with Crippen LogP contribution in [-0.4, -0.2) is 36.0 Å². The molecule has 0 unspecified atom stereocenters. The van der Waals surface area contributed by atoms with Crippen LogP contribution in [0, 0.1) is 0 Å². The number of amides is 2. The zero-order valence-electron chi connectivity index (χ0n) is 9.47. The lowest BCUT2D eigenvalue weighted by atomic mass is 10.2. The van der Waals surface area contributed by atoms with E-state index in [1.807, 2.05) is 0 Å². The van der Waals surface area contributed by atoms with Gasteiger partial charge in [-0.2, -0.15) is 0 Å². The summed E-state index contributed by atoms with van der Waals surface area (Å²) < 4.78 is 0. The van der Waals surface area contributed by atoms with Gasteiger partial charge in [-0.3, -0.25) is 9.59 Å². The van der Waals surface area contributed by atoms with Crippen molar-refractivity contribution in [3.63, 3.8) is 0 Å². The van der Waals surface area contributed by atoms with Crippen LogP contribution in [0.1, 0.15) is 10.4 Å². The normalized spacial score (nSPS) is 9.61. The third kappa shape index (κ3) is 4.22. The van der Waals surface area contributed by atoms with Crippen molar-refractivity contribution in [2.24, 2.45) is 5.73 Å². The highest BCUT2D eigenvalue weighted by Gasteiger charge is 2.06. The lowest BCUT2D eigenvalue weighted by molar-refractivity contribution is -0.123. The molecule has 2 amide bonds. The molecule has 0 fully saturated rings. The summed E-state index contributed by atoms with van der Waals surface area (Å²) in [5, 5.41) is 13.5. The molecule has 1 rings (SSSR count). The Labute approximate surface area is 103 Å². The van der Waals surface area contributed by atoms with Crippen molar-refractivity contribution in [2.45, 2.75) is 0 Å². The minimum atomic E-state index is -1.04. The molecule has 0 aromatic heterocycles. The van der Waals surface area contributed by atoms with Crippen molar-refractivity contribution in [3.8, 4) is 0 Å². The first kappa shape index (κ1) is 13.7. The van der Waals surface area contributed by atoms with Gasteiger partial charge in [-0.1, -0.05) is 0 Å². The van der Waals surface area contributed by atoms with Gasteiger partial charge in [0.15, 0.2) is 0 Å². The smallest absolute Gasteiger partial charge is 0.335 e. The number of hydrogen-bond donors (Lipinski definition) is 4. The van der Waals surface area contributed by atoms with E-state index in [0.717, 1.165) is 0 Å². The first-order chi connectivity index (χ1) is 8.52. The molecule has 7 nitrogen and oxygen atoms in total. The molecule has 0 spiro atoms. The van der Waals surface area contributed by atoms with E-state index >= 15 is 0 Å². The van der Waals surface area contributed by atoms with Gasteiger partial charge in [0.2, 0.25) is 11.8 Å². The van der Waals surface area contributed by atoms with Crippen LogP contribution in [0.25, 0.3) is 0 Å². The van der Waals surface area contributed by atoms with Crippen LogP contribution in [-0.2, 0) is 9.59 Å². The summed E-state index contributed by atoms with van der Waals surface area (Å²) in [5.41, 5.74) is 5.64. The van der Waals surface area contributed by atoms with Crippen molar-refractivity contribution in [1.29, 1.82) is 0 Å². The SMILES string of the molecule is NCC(=O)NCC(=O)Nc1ccc(C(=O)O)cc1. The van der Waals surface area contributed by atoms with E-state index < -0.39 is 17.8 Å². The zero-order chi connectivity index (χ0) is 13.5. The van der Waals surface area contributed by atoms with Crippen molar-refractivity contribution in [3.05, 3.63) is 29.8 Å². The molecule has 0 bridgehead atoms. The second-order valence-corrected chi connectivity index (χ2v) is 3.41. The average Bonchev–Trinajstić information content (AvgIpc) is 2.36. The molecule has 0 aliphatic heterocycles. The molecule has 7 heteroatoms. The van der Waals surface area contributed by atoms with E-state index in [1.54, 1.807) is 0 Å². The highest BCUT2D eigenvalue weighted by molar-refractivity contribution is 5.95. The minimum Gasteiger partial charge on any atom is -0.478 e. The van der Waals surface area contributed by atoms with Gasteiger partial charge in [0.05, 0.1) is 18.7 Å². The van der Waals surface area contributed by atoms with Crippen LogP contribution in [0.4, 0.5) is 5.69 Å². The summed E-state index contributed by atoms with van der Waals surface area (Å²) in [5.74, 6) is -1.88. The second kappa shape index (κ2) is 6.36.